The second-order valence-corrected chi connectivity index (χ2v) is 8.05. The number of aliphatic hydroxyl groups is 1. The molecular formula is C23H34FNO2. The first-order chi connectivity index (χ1) is 13.2. The van der Waals surface area contributed by atoms with Crippen LogP contribution >= 0.6 is 0 Å². The van der Waals surface area contributed by atoms with Gasteiger partial charge in [0.25, 0.3) is 0 Å². The van der Waals surface area contributed by atoms with Gasteiger partial charge in [0.2, 0.25) is 0 Å². The van der Waals surface area contributed by atoms with Crippen LogP contribution in [-0.4, -0.2) is 31.9 Å². The van der Waals surface area contributed by atoms with E-state index in [2.05, 4.69) is 11.4 Å². The van der Waals surface area contributed by atoms with Crippen molar-refractivity contribution in [2.75, 3.05) is 26.8 Å². The predicted molar refractivity (Wildman–Crippen MR) is 108 cm³/mol. The Balaban J connectivity index is 1.98. The van der Waals surface area contributed by atoms with E-state index in [-0.39, 0.29) is 11.7 Å². The van der Waals surface area contributed by atoms with Crippen LogP contribution in [0.1, 0.15) is 68.9 Å². The van der Waals surface area contributed by atoms with Crippen molar-refractivity contribution in [1.29, 1.82) is 0 Å². The van der Waals surface area contributed by atoms with Crippen LogP contribution in [0.15, 0.2) is 24.3 Å². The zero-order valence-corrected chi connectivity index (χ0v) is 16.6. The minimum atomic E-state index is -1.00. The molecule has 2 atom stereocenters. The summed E-state index contributed by atoms with van der Waals surface area (Å²) in [6, 6.07) is 5.26. The Bertz CT molecular complexity index is 639. The molecule has 0 bridgehead atoms. The predicted octanol–water partition coefficient (Wildman–Crippen LogP) is 4.79. The minimum Gasteiger partial charge on any atom is -0.385 e. The van der Waals surface area contributed by atoms with E-state index >= 15 is 0 Å². The minimum absolute atomic E-state index is 0.110. The van der Waals surface area contributed by atoms with Gasteiger partial charge in [0.15, 0.2) is 0 Å². The first-order valence-corrected chi connectivity index (χ1v) is 10.6. The van der Waals surface area contributed by atoms with Crippen molar-refractivity contribution in [3.05, 3.63) is 41.2 Å². The highest BCUT2D eigenvalue weighted by Crippen LogP contribution is 2.43. The molecular weight excluding hydrogens is 341 g/mol. The maximum Gasteiger partial charge on any atom is 0.131 e. The lowest BCUT2D eigenvalue weighted by atomic mass is 9.71. The van der Waals surface area contributed by atoms with E-state index in [9.17, 15) is 9.50 Å². The molecule has 1 heterocycles. The van der Waals surface area contributed by atoms with Crippen LogP contribution in [0.4, 0.5) is 4.39 Å². The summed E-state index contributed by atoms with van der Waals surface area (Å²) in [5, 5.41) is 15.4. The highest BCUT2D eigenvalue weighted by atomic mass is 19.1. The van der Waals surface area contributed by atoms with Crippen LogP contribution in [0, 0.1) is 11.7 Å². The van der Waals surface area contributed by atoms with Gasteiger partial charge >= 0.3 is 0 Å². The molecule has 0 amide bonds. The molecule has 27 heavy (non-hydrogen) atoms. The average molecular weight is 376 g/mol. The molecule has 0 radical (unpaired) electrons. The van der Waals surface area contributed by atoms with E-state index in [1.807, 2.05) is 6.07 Å². The number of hydrogen-bond acceptors (Lipinski definition) is 3. The number of rotatable bonds is 8. The number of unbranched alkanes of at least 4 members (excludes halogenated alkanes) is 1. The third kappa shape index (κ3) is 4.79. The van der Waals surface area contributed by atoms with Gasteiger partial charge in [0.1, 0.15) is 5.82 Å². The summed E-state index contributed by atoms with van der Waals surface area (Å²) in [4.78, 5) is 0. The molecule has 1 aliphatic carbocycles. The summed E-state index contributed by atoms with van der Waals surface area (Å²) in [6.45, 7) is 2.48. The molecule has 1 unspecified atom stereocenters. The van der Waals surface area contributed by atoms with Crippen LogP contribution in [0.2, 0.25) is 0 Å². The number of allylic oxidation sites excluding steroid dienone is 2. The molecule has 3 nitrogen and oxygen atoms in total. The molecule has 2 aliphatic rings. The van der Waals surface area contributed by atoms with Crippen LogP contribution in [0.25, 0.3) is 5.57 Å². The Morgan fingerprint density at radius 2 is 2.15 bits per heavy atom. The Hall–Kier alpha value is -1.23. The van der Waals surface area contributed by atoms with Crippen molar-refractivity contribution < 1.29 is 14.2 Å². The van der Waals surface area contributed by atoms with Gasteiger partial charge in [0.05, 0.1) is 5.60 Å². The fourth-order valence-electron chi connectivity index (χ4n) is 4.74. The standard InChI is InChI=1S/C23H34FNO2/c1-27-16-6-5-14-23(26,19-11-8-15-25-17-19)20-12-7-13-21(24)22(20)18-9-3-2-4-10-18/h7,9,12-13,19,25-26H,2-6,8,10-11,14-17H2,1H3/t19-,23?/m1/s1. The topological polar surface area (TPSA) is 41.5 Å². The number of piperidine rings is 1. The fourth-order valence-corrected chi connectivity index (χ4v) is 4.74. The van der Waals surface area contributed by atoms with Gasteiger partial charge in [-0.05, 0) is 81.5 Å². The van der Waals surface area contributed by atoms with E-state index in [1.54, 1.807) is 19.2 Å². The molecule has 0 spiro atoms. The maximum atomic E-state index is 15.0. The quantitative estimate of drug-likeness (QED) is 0.642. The Kier molecular flexibility index (Phi) is 7.45. The lowest BCUT2D eigenvalue weighted by molar-refractivity contribution is -0.0438. The lowest BCUT2D eigenvalue weighted by Gasteiger charge is -2.41. The fraction of sp³-hybridized carbons (Fsp3) is 0.652. The number of benzene rings is 1. The monoisotopic (exact) mass is 375 g/mol. The summed E-state index contributed by atoms with van der Waals surface area (Å²) in [6.07, 6.45) is 10.8. The Morgan fingerprint density at radius 3 is 2.85 bits per heavy atom. The van der Waals surface area contributed by atoms with Gasteiger partial charge in [-0.1, -0.05) is 18.2 Å². The highest BCUT2D eigenvalue weighted by molar-refractivity contribution is 5.70. The first-order valence-electron chi connectivity index (χ1n) is 10.6. The third-order valence-electron chi connectivity index (χ3n) is 6.22. The zero-order valence-electron chi connectivity index (χ0n) is 16.6. The summed E-state index contributed by atoms with van der Waals surface area (Å²) in [5.41, 5.74) is 1.53. The largest absolute Gasteiger partial charge is 0.385 e. The third-order valence-corrected chi connectivity index (χ3v) is 6.22. The van der Waals surface area contributed by atoms with Gasteiger partial charge in [0, 0.05) is 31.7 Å². The number of nitrogens with one attached hydrogen (secondary N) is 1. The van der Waals surface area contributed by atoms with E-state index in [1.165, 1.54) is 6.42 Å². The van der Waals surface area contributed by atoms with Gasteiger partial charge < -0.3 is 15.2 Å². The van der Waals surface area contributed by atoms with Crippen molar-refractivity contribution in [1.82, 2.24) is 5.32 Å². The van der Waals surface area contributed by atoms with Crippen molar-refractivity contribution in [3.63, 3.8) is 0 Å². The molecule has 1 aliphatic heterocycles. The Morgan fingerprint density at radius 1 is 1.26 bits per heavy atom. The van der Waals surface area contributed by atoms with E-state index in [0.717, 1.165) is 69.2 Å². The molecule has 0 aromatic heterocycles. The molecule has 1 fully saturated rings. The first kappa shape index (κ1) is 20.5. The second-order valence-electron chi connectivity index (χ2n) is 8.05. The molecule has 1 saturated heterocycles. The molecule has 1 aromatic carbocycles. The van der Waals surface area contributed by atoms with Crippen LogP contribution < -0.4 is 5.32 Å². The van der Waals surface area contributed by atoms with Gasteiger partial charge in [-0.15, -0.1) is 0 Å². The van der Waals surface area contributed by atoms with Crippen LogP contribution in [-0.2, 0) is 10.3 Å². The van der Waals surface area contributed by atoms with Crippen molar-refractivity contribution in [2.24, 2.45) is 5.92 Å². The molecule has 0 saturated carbocycles. The van der Waals surface area contributed by atoms with Crippen molar-refractivity contribution >= 4 is 5.57 Å². The van der Waals surface area contributed by atoms with Gasteiger partial charge in [-0.25, -0.2) is 4.39 Å². The Labute approximate surface area is 163 Å². The second kappa shape index (κ2) is 9.81. The van der Waals surface area contributed by atoms with Crippen LogP contribution in [0.5, 0.6) is 0 Å². The highest BCUT2D eigenvalue weighted by Gasteiger charge is 2.41. The van der Waals surface area contributed by atoms with Gasteiger partial charge in [-0.3, -0.25) is 0 Å². The number of halogens is 1. The van der Waals surface area contributed by atoms with E-state index in [0.29, 0.717) is 18.6 Å². The molecule has 3 rings (SSSR count). The zero-order chi connectivity index (χ0) is 19.1. The summed E-state index contributed by atoms with van der Waals surface area (Å²) in [7, 11) is 1.71. The number of hydrogen-bond donors (Lipinski definition) is 2. The normalized spacial score (nSPS) is 22.9. The molecule has 1 aromatic rings. The van der Waals surface area contributed by atoms with Crippen molar-refractivity contribution in [2.45, 2.75) is 63.4 Å². The van der Waals surface area contributed by atoms with Crippen LogP contribution in [0.3, 0.4) is 0 Å². The molecule has 150 valence electrons. The number of methoxy groups -OCH3 is 1. The lowest BCUT2D eigenvalue weighted by Crippen LogP contribution is -2.45. The van der Waals surface area contributed by atoms with Crippen molar-refractivity contribution in [3.8, 4) is 0 Å². The SMILES string of the molecule is COCCCCC(O)(c1cccc(F)c1C1=CCCCC1)[C@@H]1CCCNC1. The summed E-state index contributed by atoms with van der Waals surface area (Å²) >= 11 is 0. The van der Waals surface area contributed by atoms with E-state index < -0.39 is 5.60 Å². The maximum absolute atomic E-state index is 15.0. The molecule has 2 N–H and O–H groups in total. The smallest absolute Gasteiger partial charge is 0.131 e. The van der Waals surface area contributed by atoms with E-state index in [4.69, 9.17) is 4.74 Å². The summed E-state index contributed by atoms with van der Waals surface area (Å²) < 4.78 is 20.2. The summed E-state index contributed by atoms with van der Waals surface area (Å²) in [5.74, 6) is -0.0849. The molecule has 4 heteroatoms. The van der Waals surface area contributed by atoms with Gasteiger partial charge in [-0.2, -0.15) is 0 Å². The number of ether oxygens (including phenoxy) is 1. The average Bonchev–Trinajstić information content (AvgIpc) is 2.72.